The summed E-state index contributed by atoms with van der Waals surface area (Å²) in [7, 11) is -3.31. The molecule has 0 aromatic rings. The zero-order chi connectivity index (χ0) is 12.2. The second-order valence-electron chi connectivity index (χ2n) is 3.93. The van der Waals surface area contributed by atoms with Crippen molar-refractivity contribution in [3.63, 3.8) is 0 Å². The first-order chi connectivity index (χ1) is 7.47. The average molecular weight is 247 g/mol. The maximum Gasteiger partial charge on any atom is 0.307 e. The summed E-state index contributed by atoms with van der Waals surface area (Å²) in [6, 6.07) is 0. The van der Waals surface area contributed by atoms with Crippen LogP contribution < -0.4 is 0 Å². The van der Waals surface area contributed by atoms with Gasteiger partial charge in [0.2, 0.25) is 10.0 Å². The van der Waals surface area contributed by atoms with Crippen molar-refractivity contribution < 1.29 is 18.3 Å². The summed E-state index contributed by atoms with van der Waals surface area (Å²) in [5.74, 6) is -1.46. The predicted molar refractivity (Wildman–Crippen MR) is 60.5 cm³/mol. The highest BCUT2D eigenvalue weighted by Gasteiger charge is 2.31. The zero-order valence-corrected chi connectivity index (χ0v) is 9.95. The molecule has 1 heterocycles. The van der Waals surface area contributed by atoms with Crippen LogP contribution in [0.1, 0.15) is 19.3 Å². The molecule has 1 N–H and O–H groups in total. The van der Waals surface area contributed by atoms with E-state index in [4.69, 9.17) is 5.11 Å². The number of nitrogens with zero attached hydrogens (tertiary/aromatic N) is 1. The fourth-order valence-electron chi connectivity index (χ4n) is 1.76. The Bertz CT molecular complexity index is 363. The molecular formula is C10H17NO4S. The van der Waals surface area contributed by atoms with E-state index in [0.717, 1.165) is 0 Å². The molecule has 1 fully saturated rings. The van der Waals surface area contributed by atoms with Crippen molar-refractivity contribution >= 4 is 16.0 Å². The Kier molecular flexibility index (Phi) is 4.49. The van der Waals surface area contributed by atoms with Crippen molar-refractivity contribution in [2.24, 2.45) is 5.92 Å². The normalized spacial score (nSPS) is 22.9. The molecule has 1 saturated heterocycles. The standard InChI is InChI=1S/C10H17NO4S/c1-2-3-7-16(14,15)11-6-4-5-9(8-11)10(12)13/h2,9H,1,3-8H2,(H,12,13). The highest BCUT2D eigenvalue weighted by atomic mass is 32.2. The van der Waals surface area contributed by atoms with Crippen molar-refractivity contribution in [2.75, 3.05) is 18.8 Å². The first-order valence-electron chi connectivity index (χ1n) is 5.29. The summed E-state index contributed by atoms with van der Waals surface area (Å²) in [6.45, 7) is 4.01. The summed E-state index contributed by atoms with van der Waals surface area (Å²) < 4.78 is 24.9. The van der Waals surface area contributed by atoms with Crippen LogP contribution in [0.3, 0.4) is 0 Å². The van der Waals surface area contributed by atoms with Gasteiger partial charge < -0.3 is 5.11 Å². The number of aliphatic carboxylic acids is 1. The van der Waals surface area contributed by atoms with Gasteiger partial charge in [-0.3, -0.25) is 4.79 Å². The van der Waals surface area contributed by atoms with Crippen LogP contribution in [0, 0.1) is 5.92 Å². The van der Waals surface area contributed by atoms with Crippen LogP contribution in [0.5, 0.6) is 0 Å². The number of carboxylic acids is 1. The van der Waals surface area contributed by atoms with Crippen LogP contribution in [0.2, 0.25) is 0 Å². The molecular weight excluding hydrogens is 230 g/mol. The van der Waals surface area contributed by atoms with E-state index in [9.17, 15) is 13.2 Å². The Labute approximate surface area is 95.8 Å². The highest BCUT2D eigenvalue weighted by Crippen LogP contribution is 2.19. The van der Waals surface area contributed by atoms with E-state index in [2.05, 4.69) is 6.58 Å². The zero-order valence-electron chi connectivity index (χ0n) is 9.13. The molecule has 0 bridgehead atoms. The number of piperidine rings is 1. The van der Waals surface area contributed by atoms with Gasteiger partial charge in [-0.15, -0.1) is 6.58 Å². The van der Waals surface area contributed by atoms with Gasteiger partial charge in [0.15, 0.2) is 0 Å². The van der Waals surface area contributed by atoms with Gasteiger partial charge in [0, 0.05) is 13.1 Å². The van der Waals surface area contributed by atoms with Crippen LogP contribution in [0.25, 0.3) is 0 Å². The second kappa shape index (κ2) is 5.45. The summed E-state index contributed by atoms with van der Waals surface area (Å²) >= 11 is 0. The number of hydrogen-bond donors (Lipinski definition) is 1. The van der Waals surface area contributed by atoms with Crippen LogP contribution in [-0.4, -0.2) is 42.6 Å². The fourth-order valence-corrected chi connectivity index (χ4v) is 3.30. The first kappa shape index (κ1) is 13.2. The third kappa shape index (κ3) is 3.31. The fraction of sp³-hybridized carbons (Fsp3) is 0.700. The van der Waals surface area contributed by atoms with Gasteiger partial charge in [0.05, 0.1) is 11.7 Å². The molecule has 0 amide bonds. The Hall–Kier alpha value is -0.880. The third-order valence-corrected chi connectivity index (χ3v) is 4.58. The molecule has 0 radical (unpaired) electrons. The molecule has 0 aromatic carbocycles. The lowest BCUT2D eigenvalue weighted by molar-refractivity contribution is -0.142. The Morgan fingerprint density at radius 1 is 1.56 bits per heavy atom. The van der Waals surface area contributed by atoms with Crippen LogP contribution in [0.15, 0.2) is 12.7 Å². The number of sulfonamides is 1. The van der Waals surface area contributed by atoms with Gasteiger partial charge in [-0.05, 0) is 19.3 Å². The SMILES string of the molecule is C=CCCS(=O)(=O)N1CCCC(C(=O)O)C1. The summed E-state index contributed by atoms with van der Waals surface area (Å²) in [5, 5.41) is 8.86. The van der Waals surface area contributed by atoms with Gasteiger partial charge in [-0.2, -0.15) is 0 Å². The minimum Gasteiger partial charge on any atom is -0.481 e. The molecule has 0 spiro atoms. The van der Waals surface area contributed by atoms with E-state index in [1.165, 1.54) is 4.31 Å². The van der Waals surface area contributed by atoms with Crippen molar-refractivity contribution in [1.82, 2.24) is 4.31 Å². The quantitative estimate of drug-likeness (QED) is 0.725. The number of carbonyl (C=O) groups is 1. The number of allylic oxidation sites excluding steroid dienone is 1. The summed E-state index contributed by atoms with van der Waals surface area (Å²) in [6.07, 6.45) is 3.12. The molecule has 5 nitrogen and oxygen atoms in total. The van der Waals surface area contributed by atoms with E-state index < -0.39 is 21.9 Å². The molecule has 0 aliphatic carbocycles. The molecule has 1 atom stereocenters. The predicted octanol–water partition coefficient (Wildman–Crippen LogP) is 0.689. The summed E-state index contributed by atoms with van der Waals surface area (Å²) in [5.41, 5.74) is 0. The van der Waals surface area contributed by atoms with E-state index in [-0.39, 0.29) is 12.3 Å². The van der Waals surface area contributed by atoms with Gasteiger partial charge >= 0.3 is 5.97 Å². The Morgan fingerprint density at radius 2 is 2.25 bits per heavy atom. The monoisotopic (exact) mass is 247 g/mol. The molecule has 6 heteroatoms. The third-order valence-electron chi connectivity index (χ3n) is 2.71. The van der Waals surface area contributed by atoms with E-state index in [1.807, 2.05) is 0 Å². The van der Waals surface area contributed by atoms with Crippen molar-refractivity contribution in [3.05, 3.63) is 12.7 Å². The Morgan fingerprint density at radius 3 is 2.81 bits per heavy atom. The van der Waals surface area contributed by atoms with Crippen LogP contribution in [0.4, 0.5) is 0 Å². The molecule has 0 saturated carbocycles. The summed E-state index contributed by atoms with van der Waals surface area (Å²) in [4.78, 5) is 10.8. The van der Waals surface area contributed by atoms with Gasteiger partial charge in [0.1, 0.15) is 0 Å². The van der Waals surface area contributed by atoms with Crippen molar-refractivity contribution in [1.29, 1.82) is 0 Å². The lowest BCUT2D eigenvalue weighted by Crippen LogP contribution is -2.43. The van der Waals surface area contributed by atoms with Crippen LogP contribution >= 0.6 is 0 Å². The molecule has 1 aliphatic heterocycles. The lowest BCUT2D eigenvalue weighted by atomic mass is 10.0. The smallest absolute Gasteiger partial charge is 0.307 e. The number of rotatable bonds is 5. The maximum absolute atomic E-state index is 11.8. The molecule has 1 aliphatic rings. The molecule has 16 heavy (non-hydrogen) atoms. The highest BCUT2D eigenvalue weighted by molar-refractivity contribution is 7.89. The van der Waals surface area contributed by atoms with Gasteiger partial charge in [0.25, 0.3) is 0 Å². The number of carboxylic acid groups (broad SMARTS) is 1. The first-order valence-corrected chi connectivity index (χ1v) is 6.90. The average Bonchev–Trinajstić information content (AvgIpc) is 2.26. The Balaban J connectivity index is 2.65. The lowest BCUT2D eigenvalue weighted by Gasteiger charge is -2.29. The minimum atomic E-state index is -3.31. The van der Waals surface area contributed by atoms with Gasteiger partial charge in [-0.1, -0.05) is 6.08 Å². The molecule has 0 aromatic heterocycles. The van der Waals surface area contributed by atoms with E-state index in [1.54, 1.807) is 6.08 Å². The molecule has 1 rings (SSSR count). The maximum atomic E-state index is 11.8. The van der Waals surface area contributed by atoms with Crippen molar-refractivity contribution in [2.45, 2.75) is 19.3 Å². The van der Waals surface area contributed by atoms with E-state index in [0.29, 0.717) is 25.8 Å². The van der Waals surface area contributed by atoms with Gasteiger partial charge in [-0.25, -0.2) is 12.7 Å². The van der Waals surface area contributed by atoms with Crippen molar-refractivity contribution in [3.8, 4) is 0 Å². The second-order valence-corrected chi connectivity index (χ2v) is 6.02. The molecule has 1 unspecified atom stereocenters. The van der Waals surface area contributed by atoms with Crippen LogP contribution in [-0.2, 0) is 14.8 Å². The number of hydrogen-bond acceptors (Lipinski definition) is 3. The molecule has 92 valence electrons. The topological polar surface area (TPSA) is 74.7 Å². The van der Waals surface area contributed by atoms with E-state index >= 15 is 0 Å². The largest absolute Gasteiger partial charge is 0.481 e. The minimum absolute atomic E-state index is 0.0167.